The Labute approximate surface area is 110 Å². The zero-order chi connectivity index (χ0) is 13.8. The van der Waals surface area contributed by atoms with Gasteiger partial charge in [0.15, 0.2) is 0 Å². The summed E-state index contributed by atoms with van der Waals surface area (Å²) in [7, 11) is -2.48. The number of hydrogen-bond acceptors (Lipinski definition) is 5. The molecular formula is C9H13ClN4O3S. The fourth-order valence-corrected chi connectivity index (χ4v) is 2.27. The Balaban J connectivity index is 2.86. The monoisotopic (exact) mass is 292 g/mol. The Hall–Kier alpha value is -1.25. The molecule has 0 bridgehead atoms. The maximum Gasteiger partial charge on any atom is 0.246 e. The van der Waals surface area contributed by atoms with Gasteiger partial charge in [-0.15, -0.1) is 0 Å². The highest BCUT2D eigenvalue weighted by molar-refractivity contribution is 7.89. The van der Waals surface area contributed by atoms with Gasteiger partial charge in [0.1, 0.15) is 4.90 Å². The number of carbonyl (C=O) groups is 1. The zero-order valence-corrected chi connectivity index (χ0v) is 11.5. The molecule has 0 aromatic carbocycles. The van der Waals surface area contributed by atoms with Crippen LogP contribution in [0.25, 0.3) is 0 Å². The summed E-state index contributed by atoms with van der Waals surface area (Å²) in [5.41, 5.74) is 0. The Bertz CT molecular complexity index is 517. The Morgan fingerprint density at radius 2 is 2.00 bits per heavy atom. The van der Waals surface area contributed by atoms with Crippen molar-refractivity contribution in [1.82, 2.24) is 19.6 Å². The number of nitrogens with zero attached hydrogens (tertiary/aromatic N) is 3. The van der Waals surface area contributed by atoms with Crippen molar-refractivity contribution in [3.63, 3.8) is 0 Å². The second-order valence-corrected chi connectivity index (χ2v) is 5.79. The molecule has 0 aliphatic carbocycles. The first-order valence-electron chi connectivity index (χ1n) is 5.08. The van der Waals surface area contributed by atoms with Crippen LogP contribution in [0.1, 0.15) is 6.92 Å². The van der Waals surface area contributed by atoms with Crippen LogP contribution in [-0.2, 0) is 14.8 Å². The Morgan fingerprint density at radius 3 is 2.50 bits per heavy atom. The SMILES string of the molecule is CCNC(=O)CN(C)S(=O)(=O)c1cnc(Cl)nc1. The first-order valence-corrected chi connectivity index (χ1v) is 6.90. The fraction of sp³-hybridized carbons (Fsp3) is 0.444. The van der Waals surface area contributed by atoms with Crippen LogP contribution in [0.4, 0.5) is 0 Å². The molecule has 0 radical (unpaired) electrons. The first kappa shape index (κ1) is 14.8. The van der Waals surface area contributed by atoms with E-state index in [4.69, 9.17) is 11.6 Å². The van der Waals surface area contributed by atoms with E-state index in [9.17, 15) is 13.2 Å². The highest BCUT2D eigenvalue weighted by Crippen LogP contribution is 2.12. The average molecular weight is 293 g/mol. The van der Waals surface area contributed by atoms with Crippen molar-refractivity contribution >= 4 is 27.5 Å². The third-order valence-corrected chi connectivity index (χ3v) is 4.00. The van der Waals surface area contributed by atoms with E-state index in [1.165, 1.54) is 7.05 Å². The number of amides is 1. The minimum atomic E-state index is -3.78. The van der Waals surface area contributed by atoms with Crippen molar-refractivity contribution in [2.75, 3.05) is 20.1 Å². The molecule has 1 heterocycles. The van der Waals surface area contributed by atoms with Gasteiger partial charge >= 0.3 is 0 Å². The topological polar surface area (TPSA) is 92.3 Å². The van der Waals surface area contributed by atoms with E-state index in [1.54, 1.807) is 6.92 Å². The Kier molecular flexibility index (Phi) is 5.00. The molecular weight excluding hydrogens is 280 g/mol. The molecule has 0 aliphatic rings. The molecule has 1 amide bonds. The van der Waals surface area contributed by atoms with Gasteiger partial charge in [-0.3, -0.25) is 4.79 Å². The lowest BCUT2D eigenvalue weighted by Gasteiger charge is -2.15. The summed E-state index contributed by atoms with van der Waals surface area (Å²) >= 11 is 5.47. The summed E-state index contributed by atoms with van der Waals surface area (Å²) in [4.78, 5) is 18.4. The van der Waals surface area contributed by atoms with Crippen LogP contribution < -0.4 is 5.32 Å². The molecule has 1 aromatic heterocycles. The van der Waals surface area contributed by atoms with Crippen molar-refractivity contribution in [2.45, 2.75) is 11.8 Å². The van der Waals surface area contributed by atoms with Gasteiger partial charge in [-0.2, -0.15) is 4.31 Å². The van der Waals surface area contributed by atoms with Crippen LogP contribution in [0.2, 0.25) is 5.28 Å². The van der Waals surface area contributed by atoms with E-state index in [2.05, 4.69) is 15.3 Å². The number of carbonyl (C=O) groups excluding carboxylic acids is 1. The maximum absolute atomic E-state index is 12.0. The van der Waals surface area contributed by atoms with Gasteiger partial charge in [-0.25, -0.2) is 18.4 Å². The largest absolute Gasteiger partial charge is 0.355 e. The molecule has 0 fully saturated rings. The van der Waals surface area contributed by atoms with Crippen molar-refractivity contribution in [3.8, 4) is 0 Å². The van der Waals surface area contributed by atoms with Crippen molar-refractivity contribution in [3.05, 3.63) is 17.7 Å². The molecule has 7 nitrogen and oxygen atoms in total. The van der Waals surface area contributed by atoms with Crippen molar-refractivity contribution < 1.29 is 13.2 Å². The van der Waals surface area contributed by atoms with Crippen LogP contribution >= 0.6 is 11.6 Å². The zero-order valence-electron chi connectivity index (χ0n) is 9.92. The summed E-state index contributed by atoms with van der Waals surface area (Å²) in [6, 6.07) is 0. The minimum absolute atomic E-state index is 0.0414. The highest BCUT2D eigenvalue weighted by atomic mass is 35.5. The lowest BCUT2D eigenvalue weighted by atomic mass is 10.5. The second kappa shape index (κ2) is 6.07. The number of sulfonamides is 1. The van der Waals surface area contributed by atoms with E-state index in [-0.39, 0.29) is 22.6 Å². The molecule has 1 aromatic rings. The maximum atomic E-state index is 12.0. The molecule has 1 rings (SSSR count). The first-order chi connectivity index (χ1) is 8.37. The third kappa shape index (κ3) is 3.62. The van der Waals surface area contributed by atoms with Crippen molar-refractivity contribution in [1.29, 1.82) is 0 Å². The van der Waals surface area contributed by atoms with E-state index in [1.807, 2.05) is 0 Å². The van der Waals surface area contributed by atoms with E-state index in [0.717, 1.165) is 16.7 Å². The molecule has 1 N–H and O–H groups in total. The predicted octanol–water partition coefficient (Wildman–Crippen LogP) is -0.113. The molecule has 0 saturated heterocycles. The minimum Gasteiger partial charge on any atom is -0.355 e. The predicted molar refractivity (Wildman–Crippen MR) is 65.5 cm³/mol. The molecule has 0 aliphatic heterocycles. The molecule has 18 heavy (non-hydrogen) atoms. The fourth-order valence-electron chi connectivity index (χ4n) is 1.15. The number of nitrogens with one attached hydrogen (secondary N) is 1. The highest BCUT2D eigenvalue weighted by Gasteiger charge is 2.23. The molecule has 0 spiro atoms. The van der Waals surface area contributed by atoms with E-state index >= 15 is 0 Å². The quantitative estimate of drug-likeness (QED) is 0.764. The summed E-state index contributed by atoms with van der Waals surface area (Å²) < 4.78 is 24.9. The lowest BCUT2D eigenvalue weighted by molar-refractivity contribution is -0.121. The second-order valence-electron chi connectivity index (χ2n) is 3.40. The van der Waals surface area contributed by atoms with Crippen LogP contribution in [0.3, 0.4) is 0 Å². The number of likely N-dealkylation sites (N-methyl/N-ethyl adjacent to an activating group) is 2. The lowest BCUT2D eigenvalue weighted by Crippen LogP contribution is -2.38. The summed E-state index contributed by atoms with van der Waals surface area (Å²) in [5.74, 6) is -0.376. The molecule has 0 atom stereocenters. The van der Waals surface area contributed by atoms with Crippen LogP contribution in [0, 0.1) is 0 Å². The molecule has 9 heteroatoms. The molecule has 0 unspecified atom stereocenters. The number of halogens is 1. The Morgan fingerprint density at radius 1 is 1.44 bits per heavy atom. The summed E-state index contributed by atoms with van der Waals surface area (Å²) in [5, 5.41) is 2.47. The van der Waals surface area contributed by atoms with Gasteiger partial charge in [0.2, 0.25) is 21.2 Å². The van der Waals surface area contributed by atoms with Gasteiger partial charge < -0.3 is 5.32 Å². The molecule has 0 saturated carbocycles. The third-order valence-electron chi connectivity index (χ3n) is 2.05. The number of aromatic nitrogens is 2. The van der Waals surface area contributed by atoms with Gasteiger partial charge in [-0.05, 0) is 18.5 Å². The van der Waals surface area contributed by atoms with Crippen LogP contribution in [0.5, 0.6) is 0 Å². The average Bonchev–Trinajstić information content (AvgIpc) is 2.29. The summed E-state index contributed by atoms with van der Waals surface area (Å²) in [6.45, 7) is 1.93. The van der Waals surface area contributed by atoms with Crippen LogP contribution in [-0.4, -0.2) is 48.7 Å². The van der Waals surface area contributed by atoms with Gasteiger partial charge in [0.05, 0.1) is 18.9 Å². The van der Waals surface area contributed by atoms with Gasteiger partial charge in [-0.1, -0.05) is 0 Å². The molecule has 100 valence electrons. The smallest absolute Gasteiger partial charge is 0.246 e. The summed E-state index contributed by atoms with van der Waals surface area (Å²) in [6.07, 6.45) is 2.19. The van der Waals surface area contributed by atoms with Gasteiger partial charge in [0, 0.05) is 13.6 Å². The van der Waals surface area contributed by atoms with Gasteiger partial charge in [0.25, 0.3) is 0 Å². The van der Waals surface area contributed by atoms with Crippen LogP contribution in [0.15, 0.2) is 17.3 Å². The van der Waals surface area contributed by atoms with Crippen molar-refractivity contribution in [2.24, 2.45) is 0 Å². The number of rotatable bonds is 5. The van der Waals surface area contributed by atoms with E-state index in [0.29, 0.717) is 6.54 Å². The standard InChI is InChI=1S/C9H13ClN4O3S/c1-3-11-8(15)6-14(2)18(16,17)7-4-12-9(10)13-5-7/h4-5H,3,6H2,1-2H3,(H,11,15). The van der Waals surface area contributed by atoms with E-state index < -0.39 is 10.0 Å². The number of hydrogen-bond donors (Lipinski definition) is 1. The normalized spacial score (nSPS) is 11.6.